The molecule has 0 saturated heterocycles. The number of guanidine groups is 1. The summed E-state index contributed by atoms with van der Waals surface area (Å²) in [5.74, 6) is 2.31. The molecule has 2 rings (SSSR count). The van der Waals surface area contributed by atoms with Gasteiger partial charge in [0.15, 0.2) is 5.96 Å². The molecule has 1 aromatic carbocycles. The van der Waals surface area contributed by atoms with Crippen LogP contribution in [0.4, 0.5) is 0 Å². The molecule has 0 aliphatic carbocycles. The zero-order valence-corrected chi connectivity index (χ0v) is 14.9. The van der Waals surface area contributed by atoms with Gasteiger partial charge in [0.25, 0.3) is 0 Å². The summed E-state index contributed by atoms with van der Waals surface area (Å²) in [6, 6.07) is 7.32. The van der Waals surface area contributed by atoms with Gasteiger partial charge >= 0.3 is 0 Å². The molecule has 1 atom stereocenters. The third kappa shape index (κ3) is 5.73. The van der Waals surface area contributed by atoms with Crippen LogP contribution >= 0.6 is 11.6 Å². The van der Waals surface area contributed by atoms with Crippen LogP contribution in [0.2, 0.25) is 5.02 Å². The quantitative estimate of drug-likeness (QED) is 0.590. The molecule has 0 amide bonds. The minimum absolute atomic E-state index is 0.0233. The molecule has 8 heteroatoms. The fraction of sp³-hybridized carbons (Fsp3) is 0.438. The van der Waals surface area contributed by atoms with Crippen molar-refractivity contribution >= 4 is 17.6 Å². The van der Waals surface area contributed by atoms with E-state index in [4.69, 9.17) is 16.3 Å². The second-order valence-corrected chi connectivity index (χ2v) is 5.69. The third-order valence-electron chi connectivity index (χ3n) is 3.24. The molecular weight excluding hydrogens is 328 g/mol. The van der Waals surface area contributed by atoms with Gasteiger partial charge in [0.05, 0.1) is 6.54 Å². The van der Waals surface area contributed by atoms with Gasteiger partial charge in [-0.25, -0.2) is 9.98 Å². The first-order valence-corrected chi connectivity index (χ1v) is 8.23. The van der Waals surface area contributed by atoms with Crippen LogP contribution in [-0.2, 0) is 13.6 Å². The maximum atomic E-state index is 5.87. The summed E-state index contributed by atoms with van der Waals surface area (Å²) < 4.78 is 7.54. The van der Waals surface area contributed by atoms with E-state index in [1.54, 1.807) is 4.68 Å². The van der Waals surface area contributed by atoms with Crippen molar-refractivity contribution in [1.29, 1.82) is 0 Å². The Balaban J connectivity index is 1.85. The fourth-order valence-electron chi connectivity index (χ4n) is 1.98. The van der Waals surface area contributed by atoms with Crippen LogP contribution in [0.1, 0.15) is 19.7 Å². The van der Waals surface area contributed by atoms with Gasteiger partial charge in [0, 0.05) is 18.6 Å². The van der Waals surface area contributed by atoms with Crippen LogP contribution < -0.4 is 15.4 Å². The summed E-state index contributed by atoms with van der Waals surface area (Å²) in [6.07, 6.45) is 1.50. The van der Waals surface area contributed by atoms with Crippen molar-refractivity contribution in [1.82, 2.24) is 25.4 Å². The molecule has 0 bridgehead atoms. The molecule has 7 nitrogen and oxygen atoms in total. The highest BCUT2D eigenvalue weighted by molar-refractivity contribution is 6.30. The van der Waals surface area contributed by atoms with E-state index in [0.717, 1.165) is 18.1 Å². The zero-order chi connectivity index (χ0) is 17.4. The molecule has 2 aromatic rings. The normalized spacial score (nSPS) is 12.8. The van der Waals surface area contributed by atoms with Crippen LogP contribution in [0.3, 0.4) is 0 Å². The highest BCUT2D eigenvalue weighted by Gasteiger charge is 2.06. The average molecular weight is 351 g/mol. The first-order valence-electron chi connectivity index (χ1n) is 7.85. The number of aryl methyl sites for hydroxylation is 1. The highest BCUT2D eigenvalue weighted by Crippen LogP contribution is 2.16. The second kappa shape index (κ2) is 9.12. The lowest BCUT2D eigenvalue weighted by Gasteiger charge is -2.17. The van der Waals surface area contributed by atoms with Gasteiger partial charge in [-0.2, -0.15) is 5.10 Å². The number of hydrogen-bond donors (Lipinski definition) is 2. The molecule has 1 heterocycles. The summed E-state index contributed by atoms with van der Waals surface area (Å²) >= 11 is 5.87. The van der Waals surface area contributed by atoms with E-state index in [-0.39, 0.29) is 6.10 Å². The summed E-state index contributed by atoms with van der Waals surface area (Å²) in [5, 5.41) is 11.2. The number of aromatic nitrogens is 3. The molecule has 0 aliphatic rings. The van der Waals surface area contributed by atoms with Crippen LogP contribution in [0.5, 0.6) is 5.75 Å². The predicted octanol–water partition coefficient (Wildman–Crippen LogP) is 1.99. The number of nitrogens with zero attached hydrogens (tertiary/aromatic N) is 4. The van der Waals surface area contributed by atoms with Gasteiger partial charge in [0.1, 0.15) is 30.5 Å². The van der Waals surface area contributed by atoms with Gasteiger partial charge in [-0.05, 0) is 38.1 Å². The highest BCUT2D eigenvalue weighted by atomic mass is 35.5. The van der Waals surface area contributed by atoms with Crippen molar-refractivity contribution in [2.24, 2.45) is 12.0 Å². The number of benzene rings is 1. The Morgan fingerprint density at radius 1 is 1.33 bits per heavy atom. The Hall–Kier alpha value is -2.28. The number of halogens is 1. The molecule has 1 aromatic heterocycles. The summed E-state index contributed by atoms with van der Waals surface area (Å²) in [7, 11) is 1.85. The maximum absolute atomic E-state index is 5.87. The summed E-state index contributed by atoms with van der Waals surface area (Å²) in [4.78, 5) is 8.67. The lowest BCUT2D eigenvalue weighted by molar-refractivity contribution is 0.224. The van der Waals surface area contributed by atoms with Crippen LogP contribution in [-0.4, -0.2) is 39.9 Å². The molecule has 24 heavy (non-hydrogen) atoms. The van der Waals surface area contributed by atoms with E-state index in [1.165, 1.54) is 6.33 Å². The Bertz CT molecular complexity index is 655. The third-order valence-corrected chi connectivity index (χ3v) is 3.49. The van der Waals surface area contributed by atoms with Crippen molar-refractivity contribution in [2.45, 2.75) is 26.5 Å². The first-order chi connectivity index (χ1) is 11.6. The summed E-state index contributed by atoms with van der Waals surface area (Å²) in [6.45, 7) is 5.86. The van der Waals surface area contributed by atoms with Gasteiger partial charge in [-0.15, -0.1) is 0 Å². The van der Waals surface area contributed by atoms with Crippen LogP contribution in [0.15, 0.2) is 35.6 Å². The monoisotopic (exact) mass is 350 g/mol. The number of hydrogen-bond acceptors (Lipinski definition) is 4. The summed E-state index contributed by atoms with van der Waals surface area (Å²) in [5.41, 5.74) is 0. The van der Waals surface area contributed by atoms with E-state index in [0.29, 0.717) is 24.1 Å². The molecule has 0 saturated carbocycles. The minimum atomic E-state index is -0.0233. The van der Waals surface area contributed by atoms with Gasteiger partial charge in [0.2, 0.25) is 0 Å². The maximum Gasteiger partial charge on any atom is 0.191 e. The van der Waals surface area contributed by atoms with Gasteiger partial charge < -0.3 is 15.4 Å². The average Bonchev–Trinajstić information content (AvgIpc) is 2.97. The van der Waals surface area contributed by atoms with Crippen molar-refractivity contribution in [3.05, 3.63) is 41.4 Å². The predicted molar refractivity (Wildman–Crippen MR) is 95.4 cm³/mol. The lowest BCUT2D eigenvalue weighted by Crippen LogP contribution is -2.41. The number of nitrogens with one attached hydrogen (secondary N) is 2. The molecule has 0 radical (unpaired) electrons. The standard InChI is InChI=1S/C16H23ClN6O/c1-4-18-16(20-10-15-21-11-22-23(15)3)19-9-12(2)24-14-7-5-13(17)6-8-14/h5-8,11-12H,4,9-10H2,1-3H3,(H2,18,19,20). The van der Waals surface area contributed by atoms with Crippen LogP contribution in [0, 0.1) is 0 Å². The van der Waals surface area contributed by atoms with E-state index >= 15 is 0 Å². The number of ether oxygens (including phenoxy) is 1. The van der Waals surface area contributed by atoms with Crippen molar-refractivity contribution in [3.63, 3.8) is 0 Å². The molecule has 0 spiro atoms. The molecule has 2 N–H and O–H groups in total. The minimum Gasteiger partial charge on any atom is -0.489 e. The van der Waals surface area contributed by atoms with Gasteiger partial charge in [-0.1, -0.05) is 11.6 Å². The Labute approximate surface area is 147 Å². The van der Waals surface area contributed by atoms with Crippen molar-refractivity contribution < 1.29 is 4.74 Å². The molecule has 1 unspecified atom stereocenters. The van der Waals surface area contributed by atoms with E-state index < -0.39 is 0 Å². The largest absolute Gasteiger partial charge is 0.489 e. The molecular formula is C16H23ClN6O. The molecule has 0 aliphatic heterocycles. The topological polar surface area (TPSA) is 76.4 Å². The Morgan fingerprint density at radius 2 is 2.08 bits per heavy atom. The van der Waals surface area contributed by atoms with E-state index in [9.17, 15) is 0 Å². The van der Waals surface area contributed by atoms with Crippen LogP contribution in [0.25, 0.3) is 0 Å². The first kappa shape index (κ1) is 18.1. The molecule has 130 valence electrons. The van der Waals surface area contributed by atoms with Crippen molar-refractivity contribution in [2.75, 3.05) is 13.1 Å². The smallest absolute Gasteiger partial charge is 0.191 e. The van der Waals surface area contributed by atoms with Crippen molar-refractivity contribution in [3.8, 4) is 5.75 Å². The number of aliphatic imine (C=N–C) groups is 1. The Morgan fingerprint density at radius 3 is 2.71 bits per heavy atom. The Kier molecular flexibility index (Phi) is 6.87. The SMILES string of the molecule is CCNC(=NCc1ncnn1C)NCC(C)Oc1ccc(Cl)cc1. The van der Waals surface area contributed by atoms with Gasteiger partial charge in [-0.3, -0.25) is 4.68 Å². The lowest BCUT2D eigenvalue weighted by atomic mass is 10.3. The van der Waals surface area contributed by atoms with E-state index in [1.807, 2.05) is 45.2 Å². The molecule has 0 fully saturated rings. The fourth-order valence-corrected chi connectivity index (χ4v) is 2.11. The second-order valence-electron chi connectivity index (χ2n) is 5.26. The zero-order valence-electron chi connectivity index (χ0n) is 14.2. The number of rotatable bonds is 7. The van der Waals surface area contributed by atoms with E-state index in [2.05, 4.69) is 25.7 Å².